The average molecular weight is 269 g/mol. The highest BCUT2D eigenvalue weighted by Crippen LogP contribution is 2.19. The van der Waals surface area contributed by atoms with Crippen LogP contribution in [0.3, 0.4) is 0 Å². The molecule has 2 rings (SSSR count). The molecule has 6 heteroatoms. The third-order valence-electron chi connectivity index (χ3n) is 3.28. The second-order valence-corrected chi connectivity index (χ2v) is 5.66. The molecule has 0 aromatic carbocycles. The van der Waals surface area contributed by atoms with E-state index in [1.54, 1.807) is 0 Å². The Labute approximate surface area is 113 Å². The van der Waals surface area contributed by atoms with Crippen LogP contribution in [0, 0.1) is 0 Å². The molecule has 1 fully saturated rings. The van der Waals surface area contributed by atoms with E-state index in [2.05, 4.69) is 38.7 Å². The van der Waals surface area contributed by atoms with E-state index in [1.165, 1.54) is 24.5 Å². The predicted molar refractivity (Wildman–Crippen MR) is 76.1 cm³/mol. The number of rotatable bonds is 5. The van der Waals surface area contributed by atoms with Crippen molar-refractivity contribution >= 4 is 16.5 Å². The predicted octanol–water partition coefficient (Wildman–Crippen LogP) is 1.50. The van der Waals surface area contributed by atoms with Gasteiger partial charge in [0.25, 0.3) is 0 Å². The van der Waals surface area contributed by atoms with Crippen LogP contribution in [0.15, 0.2) is 0 Å². The summed E-state index contributed by atoms with van der Waals surface area (Å²) < 4.78 is 4.07. The van der Waals surface area contributed by atoms with Crippen molar-refractivity contribution in [2.24, 2.45) is 0 Å². The molecule has 0 spiro atoms. The van der Waals surface area contributed by atoms with Crippen molar-refractivity contribution in [3.8, 4) is 0 Å². The quantitative estimate of drug-likeness (QED) is 0.877. The van der Waals surface area contributed by atoms with Crippen LogP contribution in [-0.2, 0) is 6.54 Å². The fourth-order valence-corrected chi connectivity index (χ4v) is 2.75. The lowest BCUT2D eigenvalue weighted by molar-refractivity contribution is 0.267. The second kappa shape index (κ2) is 7.01. The highest BCUT2D eigenvalue weighted by molar-refractivity contribution is 7.10. The number of aromatic nitrogens is 2. The fraction of sp³-hybridized carbons (Fsp3) is 0.833. The van der Waals surface area contributed by atoms with Crippen LogP contribution in [0.5, 0.6) is 0 Å². The Morgan fingerprint density at radius 2 is 2.17 bits per heavy atom. The van der Waals surface area contributed by atoms with Crippen LogP contribution in [0.1, 0.15) is 25.5 Å². The molecule has 0 amide bonds. The van der Waals surface area contributed by atoms with Gasteiger partial charge in [-0.15, -0.1) is 5.10 Å². The standard InChI is InChI=1S/C12H23N5S/c1-3-5-13-12-11(14-15-18-12)10-17-7-4-6-16(2)8-9-17/h13H,3-10H2,1-2H3. The molecule has 1 aromatic rings. The number of anilines is 1. The molecule has 0 bridgehead atoms. The van der Waals surface area contributed by atoms with Crippen LogP contribution in [-0.4, -0.2) is 59.2 Å². The van der Waals surface area contributed by atoms with Gasteiger partial charge in [-0.25, -0.2) is 0 Å². The topological polar surface area (TPSA) is 44.3 Å². The van der Waals surface area contributed by atoms with Gasteiger partial charge in [-0.3, -0.25) is 4.90 Å². The van der Waals surface area contributed by atoms with Gasteiger partial charge in [0.05, 0.1) is 0 Å². The Bertz CT molecular complexity index is 354. The monoisotopic (exact) mass is 269 g/mol. The first-order valence-corrected chi connectivity index (χ1v) is 7.53. The van der Waals surface area contributed by atoms with E-state index in [1.807, 2.05) is 0 Å². The lowest BCUT2D eigenvalue weighted by Crippen LogP contribution is -2.28. The zero-order chi connectivity index (χ0) is 12.8. The number of nitrogens with zero attached hydrogens (tertiary/aromatic N) is 4. The van der Waals surface area contributed by atoms with E-state index in [0.717, 1.165) is 49.8 Å². The minimum atomic E-state index is 0.927. The lowest BCUT2D eigenvalue weighted by Gasteiger charge is -2.19. The molecule has 1 N–H and O–H groups in total. The Morgan fingerprint density at radius 1 is 1.28 bits per heavy atom. The lowest BCUT2D eigenvalue weighted by atomic mass is 10.3. The third-order valence-corrected chi connectivity index (χ3v) is 4.00. The maximum Gasteiger partial charge on any atom is 0.134 e. The zero-order valence-corrected chi connectivity index (χ0v) is 12.2. The van der Waals surface area contributed by atoms with Crippen molar-refractivity contribution in [2.45, 2.75) is 26.3 Å². The van der Waals surface area contributed by atoms with E-state index in [4.69, 9.17) is 0 Å². The molecule has 1 aliphatic heterocycles. The summed E-state index contributed by atoms with van der Waals surface area (Å²) in [5.41, 5.74) is 1.11. The fourth-order valence-electron chi connectivity index (χ4n) is 2.15. The molecule has 1 aliphatic rings. The normalized spacial score (nSPS) is 18.8. The van der Waals surface area contributed by atoms with Crippen molar-refractivity contribution < 1.29 is 0 Å². The van der Waals surface area contributed by atoms with Crippen molar-refractivity contribution in [3.05, 3.63) is 5.69 Å². The molecule has 102 valence electrons. The molecule has 18 heavy (non-hydrogen) atoms. The summed E-state index contributed by atoms with van der Waals surface area (Å²) in [6.07, 6.45) is 2.37. The van der Waals surface area contributed by atoms with Crippen molar-refractivity contribution in [1.29, 1.82) is 0 Å². The van der Waals surface area contributed by atoms with Crippen LogP contribution >= 0.6 is 11.5 Å². The van der Waals surface area contributed by atoms with Gasteiger partial charge in [-0.1, -0.05) is 11.4 Å². The van der Waals surface area contributed by atoms with E-state index in [0.29, 0.717) is 0 Å². The van der Waals surface area contributed by atoms with Gasteiger partial charge in [0, 0.05) is 37.7 Å². The largest absolute Gasteiger partial charge is 0.374 e. The number of hydrogen-bond donors (Lipinski definition) is 1. The number of likely N-dealkylation sites (N-methyl/N-ethyl adjacent to an activating group) is 1. The van der Waals surface area contributed by atoms with E-state index in [-0.39, 0.29) is 0 Å². The van der Waals surface area contributed by atoms with Crippen molar-refractivity contribution in [1.82, 2.24) is 19.4 Å². The summed E-state index contributed by atoms with van der Waals surface area (Å²) in [6.45, 7) is 8.74. The smallest absolute Gasteiger partial charge is 0.134 e. The van der Waals surface area contributed by atoms with E-state index < -0.39 is 0 Å². The Kier molecular flexibility index (Phi) is 5.34. The van der Waals surface area contributed by atoms with E-state index >= 15 is 0 Å². The Morgan fingerprint density at radius 3 is 3.00 bits per heavy atom. The molecule has 0 radical (unpaired) electrons. The van der Waals surface area contributed by atoms with Crippen molar-refractivity contribution in [3.63, 3.8) is 0 Å². The maximum atomic E-state index is 4.26. The van der Waals surface area contributed by atoms with Gasteiger partial charge < -0.3 is 10.2 Å². The SMILES string of the molecule is CCCNc1snnc1CN1CCCN(C)CC1. The first kappa shape index (κ1) is 13.7. The highest BCUT2D eigenvalue weighted by Gasteiger charge is 2.15. The number of nitrogens with one attached hydrogen (secondary N) is 1. The molecular weight excluding hydrogens is 246 g/mol. The number of hydrogen-bond acceptors (Lipinski definition) is 6. The van der Waals surface area contributed by atoms with Crippen molar-refractivity contribution in [2.75, 3.05) is 45.1 Å². The Hall–Kier alpha value is -0.720. The summed E-state index contributed by atoms with van der Waals surface area (Å²) in [5, 5.41) is 8.82. The van der Waals surface area contributed by atoms with Gasteiger partial charge in [0.1, 0.15) is 10.7 Å². The molecule has 1 saturated heterocycles. The highest BCUT2D eigenvalue weighted by atomic mass is 32.1. The molecule has 0 aliphatic carbocycles. The maximum absolute atomic E-state index is 4.26. The van der Waals surface area contributed by atoms with Crippen LogP contribution < -0.4 is 5.32 Å². The van der Waals surface area contributed by atoms with Crippen LogP contribution in [0.2, 0.25) is 0 Å². The molecule has 0 saturated carbocycles. The third kappa shape index (κ3) is 3.90. The molecule has 0 atom stereocenters. The summed E-state index contributed by atoms with van der Waals surface area (Å²) in [5.74, 6) is 0. The molecule has 5 nitrogen and oxygen atoms in total. The molecule has 2 heterocycles. The van der Waals surface area contributed by atoms with Gasteiger partial charge in [0.2, 0.25) is 0 Å². The minimum Gasteiger partial charge on any atom is -0.374 e. The van der Waals surface area contributed by atoms with Gasteiger partial charge in [-0.05, 0) is 33.0 Å². The van der Waals surface area contributed by atoms with Crippen LogP contribution in [0.4, 0.5) is 5.00 Å². The molecule has 1 aromatic heterocycles. The average Bonchev–Trinajstić information content (AvgIpc) is 2.70. The minimum absolute atomic E-state index is 0.927. The zero-order valence-electron chi connectivity index (χ0n) is 11.4. The first-order chi connectivity index (χ1) is 8.79. The second-order valence-electron chi connectivity index (χ2n) is 4.91. The van der Waals surface area contributed by atoms with Gasteiger partial charge in [0.15, 0.2) is 0 Å². The first-order valence-electron chi connectivity index (χ1n) is 6.75. The molecule has 0 unspecified atom stereocenters. The van der Waals surface area contributed by atoms with Gasteiger partial charge in [-0.2, -0.15) is 0 Å². The molecular formula is C12H23N5S. The summed E-state index contributed by atoms with van der Waals surface area (Å²) in [7, 11) is 2.20. The van der Waals surface area contributed by atoms with Gasteiger partial charge >= 0.3 is 0 Å². The van der Waals surface area contributed by atoms with Crippen LogP contribution in [0.25, 0.3) is 0 Å². The summed E-state index contributed by atoms with van der Waals surface area (Å²) in [4.78, 5) is 4.88. The summed E-state index contributed by atoms with van der Waals surface area (Å²) >= 11 is 1.47. The summed E-state index contributed by atoms with van der Waals surface area (Å²) in [6, 6.07) is 0. The van der Waals surface area contributed by atoms with E-state index in [9.17, 15) is 0 Å². The Balaban J connectivity index is 1.90.